The average Bonchev–Trinajstić information content (AvgIpc) is 3.23. The van der Waals surface area contributed by atoms with Crippen molar-refractivity contribution in [3.63, 3.8) is 0 Å². The number of methoxy groups -OCH3 is 1. The lowest BCUT2D eigenvalue weighted by Crippen LogP contribution is -2.13. The van der Waals surface area contributed by atoms with Crippen molar-refractivity contribution in [1.29, 1.82) is 0 Å². The van der Waals surface area contributed by atoms with Gasteiger partial charge in [0.25, 0.3) is 0 Å². The fraction of sp³-hybridized carbons (Fsp3) is 0.111. The second-order valence-corrected chi connectivity index (χ2v) is 7.79. The Morgan fingerprint density at radius 2 is 1.78 bits per heavy atom. The molecule has 0 aliphatic heterocycles. The Balaban J connectivity index is 1.84. The number of benzene rings is 3. The lowest BCUT2D eigenvalue weighted by Gasteiger charge is -2.22. The maximum atomic E-state index is 12.5. The first-order chi connectivity index (χ1) is 15.6. The molecular weight excluding hydrogens is 402 g/mol. The average molecular weight is 423 g/mol. The molecule has 1 heterocycles. The highest BCUT2D eigenvalue weighted by molar-refractivity contribution is 6.09. The van der Waals surface area contributed by atoms with Crippen LogP contribution in [0.1, 0.15) is 22.8 Å². The van der Waals surface area contributed by atoms with Gasteiger partial charge in [0.15, 0.2) is 0 Å². The second-order valence-electron chi connectivity index (χ2n) is 7.79. The van der Waals surface area contributed by atoms with E-state index >= 15 is 0 Å². The summed E-state index contributed by atoms with van der Waals surface area (Å²) < 4.78 is 7.16. The van der Waals surface area contributed by atoms with Gasteiger partial charge >= 0.3 is 11.9 Å². The van der Waals surface area contributed by atoms with Gasteiger partial charge in [-0.2, -0.15) is 0 Å². The molecule has 1 aliphatic rings. The first-order valence-corrected chi connectivity index (χ1v) is 10.4. The molecule has 158 valence electrons. The zero-order valence-corrected chi connectivity index (χ0v) is 17.5. The number of allylic oxidation sites excluding steroid dienone is 2. The number of aliphatic carboxylic acids is 1. The maximum Gasteiger partial charge on any atom is 0.338 e. The highest BCUT2D eigenvalue weighted by Crippen LogP contribution is 2.39. The predicted molar refractivity (Wildman–Crippen MR) is 125 cm³/mol. The van der Waals surface area contributed by atoms with Crippen molar-refractivity contribution in [3.05, 3.63) is 96.1 Å². The van der Waals surface area contributed by atoms with Crippen molar-refractivity contribution in [2.75, 3.05) is 7.11 Å². The molecule has 0 radical (unpaired) electrons. The Kier molecular flexibility index (Phi) is 4.86. The largest absolute Gasteiger partial charge is 0.478 e. The highest BCUT2D eigenvalue weighted by atomic mass is 16.5. The van der Waals surface area contributed by atoms with Crippen LogP contribution >= 0.6 is 0 Å². The normalized spacial score (nSPS) is 15.7. The molecule has 32 heavy (non-hydrogen) atoms. The third kappa shape index (κ3) is 3.19. The summed E-state index contributed by atoms with van der Waals surface area (Å²) in [5.74, 6) is -1.36. The quantitative estimate of drug-likeness (QED) is 0.424. The van der Waals surface area contributed by atoms with Crippen LogP contribution in [0.5, 0.6) is 0 Å². The van der Waals surface area contributed by atoms with E-state index < -0.39 is 11.9 Å². The fourth-order valence-electron chi connectivity index (χ4n) is 4.53. The van der Waals surface area contributed by atoms with Gasteiger partial charge in [0, 0.05) is 16.5 Å². The van der Waals surface area contributed by atoms with E-state index in [1.165, 1.54) is 7.11 Å². The van der Waals surface area contributed by atoms with Crippen LogP contribution in [0.3, 0.4) is 0 Å². The summed E-state index contributed by atoms with van der Waals surface area (Å²) in [6.07, 6.45) is 5.96. The zero-order chi connectivity index (χ0) is 22.2. The number of esters is 1. The van der Waals surface area contributed by atoms with E-state index in [4.69, 9.17) is 4.74 Å². The molecule has 0 saturated heterocycles. The van der Waals surface area contributed by atoms with Crippen molar-refractivity contribution in [2.24, 2.45) is 0 Å². The minimum atomic E-state index is -0.954. The van der Waals surface area contributed by atoms with Crippen LogP contribution in [0.15, 0.2) is 90.5 Å². The van der Waals surface area contributed by atoms with Gasteiger partial charge in [0.2, 0.25) is 0 Å². The van der Waals surface area contributed by atoms with Crippen molar-refractivity contribution in [1.82, 2.24) is 4.57 Å². The van der Waals surface area contributed by atoms with Crippen molar-refractivity contribution in [2.45, 2.75) is 12.5 Å². The molecule has 5 heteroatoms. The summed E-state index contributed by atoms with van der Waals surface area (Å²) >= 11 is 0. The summed E-state index contributed by atoms with van der Waals surface area (Å²) in [6, 6.07) is 21.5. The molecule has 1 aliphatic carbocycles. The van der Waals surface area contributed by atoms with Crippen LogP contribution in [0.2, 0.25) is 0 Å². The van der Waals surface area contributed by atoms with E-state index in [1.807, 2.05) is 36.4 Å². The minimum Gasteiger partial charge on any atom is -0.478 e. The zero-order valence-electron chi connectivity index (χ0n) is 17.5. The van der Waals surface area contributed by atoms with Gasteiger partial charge in [0.1, 0.15) is 0 Å². The molecule has 0 fully saturated rings. The molecule has 0 spiro atoms. The molecular formula is C27H21NO4. The molecule has 0 saturated carbocycles. The topological polar surface area (TPSA) is 68.5 Å². The Morgan fingerprint density at radius 3 is 2.59 bits per heavy atom. The summed E-state index contributed by atoms with van der Waals surface area (Å²) in [4.78, 5) is 24.2. The number of fused-ring (bicyclic) bond motifs is 3. The Labute approximate surface area is 184 Å². The van der Waals surface area contributed by atoms with Gasteiger partial charge < -0.3 is 14.4 Å². The monoisotopic (exact) mass is 423 g/mol. The number of carboxylic acid groups (broad SMARTS) is 1. The van der Waals surface area contributed by atoms with Gasteiger partial charge in [-0.3, -0.25) is 0 Å². The van der Waals surface area contributed by atoms with Crippen LogP contribution in [0, 0.1) is 0 Å². The lowest BCUT2D eigenvalue weighted by atomic mass is 10.0. The molecule has 1 N–H and O–H groups in total. The predicted octanol–water partition coefficient (Wildman–Crippen LogP) is 5.76. The van der Waals surface area contributed by atoms with Crippen molar-refractivity contribution < 1.29 is 19.4 Å². The summed E-state index contributed by atoms with van der Waals surface area (Å²) in [5.41, 5.74) is 3.31. The van der Waals surface area contributed by atoms with E-state index in [-0.39, 0.29) is 11.6 Å². The summed E-state index contributed by atoms with van der Waals surface area (Å²) in [7, 11) is 1.37. The Hall–Kier alpha value is -4.12. The van der Waals surface area contributed by atoms with Crippen LogP contribution in [0.25, 0.3) is 32.9 Å². The minimum absolute atomic E-state index is 0.203. The van der Waals surface area contributed by atoms with E-state index in [1.54, 1.807) is 18.2 Å². The molecule has 1 aromatic heterocycles. The second kappa shape index (κ2) is 7.85. The molecule has 4 aromatic rings. The third-order valence-corrected chi connectivity index (χ3v) is 5.98. The van der Waals surface area contributed by atoms with Gasteiger partial charge in [-0.15, -0.1) is 0 Å². The smallest absolute Gasteiger partial charge is 0.338 e. The van der Waals surface area contributed by atoms with Gasteiger partial charge in [-0.25, -0.2) is 9.59 Å². The Morgan fingerprint density at radius 1 is 1.00 bits per heavy atom. The SMILES string of the molecule is COC(=O)c1ccccc1-c1cc2c3ccccc3ccc2n1C1C=C(C(=O)O)C=CC1. The van der Waals surface area contributed by atoms with Gasteiger partial charge in [-0.1, -0.05) is 60.7 Å². The fourth-order valence-corrected chi connectivity index (χ4v) is 4.53. The standard InChI is InChI=1S/C27H21NO4/c1-32-27(31)22-12-5-4-11-21(22)25-16-23-20-10-3-2-7-17(20)13-14-24(23)28(25)19-9-6-8-18(15-19)26(29)30/h2-8,10-16,19H,9H2,1H3,(H,29,30). The summed E-state index contributed by atoms with van der Waals surface area (Å²) in [5, 5.41) is 12.8. The third-order valence-electron chi connectivity index (χ3n) is 5.98. The number of nitrogens with zero attached hydrogens (tertiary/aromatic N) is 1. The lowest BCUT2D eigenvalue weighted by molar-refractivity contribution is -0.132. The van der Waals surface area contributed by atoms with Gasteiger partial charge in [0.05, 0.1) is 30.0 Å². The van der Waals surface area contributed by atoms with Crippen LogP contribution in [-0.2, 0) is 9.53 Å². The number of aromatic nitrogens is 1. The van der Waals surface area contributed by atoms with E-state index in [2.05, 4.69) is 34.9 Å². The van der Waals surface area contributed by atoms with E-state index in [9.17, 15) is 14.7 Å². The number of carboxylic acids is 1. The number of rotatable bonds is 4. The van der Waals surface area contributed by atoms with Crippen LogP contribution in [0.4, 0.5) is 0 Å². The van der Waals surface area contributed by atoms with E-state index in [0.29, 0.717) is 12.0 Å². The first-order valence-electron chi connectivity index (χ1n) is 10.4. The number of ether oxygens (including phenoxy) is 1. The van der Waals surface area contributed by atoms with E-state index in [0.717, 1.165) is 32.9 Å². The van der Waals surface area contributed by atoms with Crippen LogP contribution < -0.4 is 0 Å². The molecule has 5 nitrogen and oxygen atoms in total. The Bertz CT molecular complexity index is 1440. The number of carbonyl (C=O) groups excluding carboxylic acids is 1. The molecule has 1 unspecified atom stereocenters. The number of carbonyl (C=O) groups is 2. The molecule has 1 atom stereocenters. The number of hydrogen-bond acceptors (Lipinski definition) is 3. The van der Waals surface area contributed by atoms with Crippen molar-refractivity contribution >= 4 is 33.6 Å². The number of hydrogen-bond donors (Lipinski definition) is 1. The summed E-state index contributed by atoms with van der Waals surface area (Å²) in [6.45, 7) is 0. The first kappa shape index (κ1) is 19.8. The maximum absolute atomic E-state index is 12.5. The van der Waals surface area contributed by atoms with Crippen LogP contribution in [-0.4, -0.2) is 28.7 Å². The van der Waals surface area contributed by atoms with Gasteiger partial charge in [-0.05, 0) is 41.5 Å². The molecule has 0 bridgehead atoms. The van der Waals surface area contributed by atoms with Crippen molar-refractivity contribution in [3.8, 4) is 11.3 Å². The highest BCUT2D eigenvalue weighted by Gasteiger charge is 2.24. The molecule has 0 amide bonds. The molecule has 5 rings (SSSR count). The molecule has 3 aromatic carbocycles.